The van der Waals surface area contributed by atoms with Gasteiger partial charge in [0.25, 0.3) is 5.91 Å². The van der Waals surface area contributed by atoms with Crippen molar-refractivity contribution in [2.45, 2.75) is 72.3 Å². The predicted octanol–water partition coefficient (Wildman–Crippen LogP) is 5.53. The number of ether oxygens (including phenoxy) is 2. The number of nitrogens with zero attached hydrogens (tertiary/aromatic N) is 1. The van der Waals surface area contributed by atoms with Crippen LogP contribution < -0.4 is 5.32 Å². The number of carbonyl (C=O) groups is 1. The summed E-state index contributed by atoms with van der Waals surface area (Å²) < 4.78 is 10.2. The summed E-state index contributed by atoms with van der Waals surface area (Å²) in [4.78, 5) is 16.4. The van der Waals surface area contributed by atoms with Crippen molar-refractivity contribution in [1.82, 2.24) is 5.32 Å². The lowest BCUT2D eigenvalue weighted by Gasteiger charge is -2.22. The van der Waals surface area contributed by atoms with Gasteiger partial charge in [-0.05, 0) is 69.2 Å². The molecule has 6 nitrogen and oxygen atoms in total. The summed E-state index contributed by atoms with van der Waals surface area (Å²) in [6, 6.07) is 0.181. The van der Waals surface area contributed by atoms with Crippen LogP contribution in [-0.2, 0) is 14.3 Å². The van der Waals surface area contributed by atoms with Gasteiger partial charge in [0.2, 0.25) is 0 Å². The molecule has 0 unspecified atom stereocenters. The Bertz CT molecular complexity index is 657. The van der Waals surface area contributed by atoms with E-state index < -0.39 is 0 Å². The molecular formula is C25H41N3O3. The first-order valence-electron chi connectivity index (χ1n) is 10.9. The second-order valence-electron chi connectivity index (χ2n) is 7.02. The minimum Gasteiger partial charge on any atom is -0.502 e. The number of nitrogens with one attached hydrogen (secondary N) is 2. The van der Waals surface area contributed by atoms with Crippen molar-refractivity contribution in [3.8, 4) is 0 Å². The van der Waals surface area contributed by atoms with Crippen LogP contribution in [0.15, 0.2) is 52.9 Å². The number of amides is 1. The van der Waals surface area contributed by atoms with E-state index in [4.69, 9.17) is 14.9 Å². The summed E-state index contributed by atoms with van der Waals surface area (Å²) in [5.74, 6) is -0.159. The van der Waals surface area contributed by atoms with Crippen LogP contribution in [0.1, 0.15) is 66.2 Å². The van der Waals surface area contributed by atoms with Crippen LogP contribution >= 0.6 is 0 Å². The molecule has 1 heterocycles. The van der Waals surface area contributed by atoms with E-state index >= 15 is 0 Å². The van der Waals surface area contributed by atoms with Crippen molar-refractivity contribution in [3.05, 3.63) is 47.9 Å². The molecule has 0 bridgehead atoms. The highest BCUT2D eigenvalue weighted by molar-refractivity contribution is 6.26. The van der Waals surface area contributed by atoms with E-state index in [1.807, 2.05) is 19.1 Å². The molecule has 1 aliphatic carbocycles. The number of aliphatic imine (C=N–C) groups is 1. The summed E-state index contributed by atoms with van der Waals surface area (Å²) in [5.41, 5.74) is 2.79. The topological polar surface area (TPSA) is 83.8 Å². The summed E-state index contributed by atoms with van der Waals surface area (Å²) in [6.45, 7) is 10.3. The third-order valence-electron chi connectivity index (χ3n) is 4.58. The fourth-order valence-corrected chi connectivity index (χ4v) is 2.96. The van der Waals surface area contributed by atoms with Gasteiger partial charge in [0.05, 0.1) is 24.8 Å². The molecule has 0 aromatic heterocycles. The standard InChI is InChI=1S/C18H25N3O2.C6H12O.CH4/c1-14(5-4-10-19)16-6-2-3-7-17(16)20-13-18(22)21-15-8-11-23-12-9-15;1-3-5-6-7-4-2;/h6-7,10,13,15,19H,1-5,8-9,11-12H2,(H,21,22);5-6H,3-4H2,1-2H3;1H4/b;6-5+;. The van der Waals surface area contributed by atoms with E-state index in [2.05, 4.69) is 29.9 Å². The zero-order valence-electron chi connectivity index (χ0n) is 18.5. The SMILES string of the molecule is C.C=C(CCC=N)C1=CCCC=C1N=CC(=O)NC1CCOCC1.CC/C=C/OCC. The Hall–Kier alpha value is -2.47. The maximum absolute atomic E-state index is 12.0. The van der Waals surface area contributed by atoms with Crippen molar-refractivity contribution in [2.24, 2.45) is 4.99 Å². The van der Waals surface area contributed by atoms with Crippen molar-refractivity contribution in [2.75, 3.05) is 19.8 Å². The Morgan fingerprint density at radius 3 is 2.68 bits per heavy atom. The number of carbonyl (C=O) groups excluding carboxylic acids is 1. The van der Waals surface area contributed by atoms with Crippen LogP contribution in [-0.4, -0.2) is 44.2 Å². The van der Waals surface area contributed by atoms with Gasteiger partial charge in [0.1, 0.15) is 0 Å². The van der Waals surface area contributed by atoms with Crippen LogP contribution in [0.4, 0.5) is 0 Å². The quantitative estimate of drug-likeness (QED) is 0.352. The van der Waals surface area contributed by atoms with Gasteiger partial charge < -0.3 is 20.2 Å². The number of hydrogen-bond donors (Lipinski definition) is 2. The molecule has 0 radical (unpaired) electrons. The highest BCUT2D eigenvalue weighted by atomic mass is 16.5. The zero-order chi connectivity index (χ0) is 22.0. The third-order valence-corrected chi connectivity index (χ3v) is 4.58. The highest BCUT2D eigenvalue weighted by Crippen LogP contribution is 2.27. The van der Waals surface area contributed by atoms with Crippen molar-refractivity contribution in [3.63, 3.8) is 0 Å². The predicted molar refractivity (Wildman–Crippen MR) is 131 cm³/mol. The van der Waals surface area contributed by atoms with Crippen LogP contribution in [0, 0.1) is 5.41 Å². The molecule has 0 atom stereocenters. The molecule has 1 saturated heterocycles. The lowest BCUT2D eigenvalue weighted by atomic mass is 9.95. The first-order valence-corrected chi connectivity index (χ1v) is 10.9. The summed E-state index contributed by atoms with van der Waals surface area (Å²) in [6.07, 6.45) is 16.7. The van der Waals surface area contributed by atoms with E-state index in [1.165, 1.54) is 12.4 Å². The van der Waals surface area contributed by atoms with Crippen LogP contribution in [0.2, 0.25) is 0 Å². The van der Waals surface area contributed by atoms with Gasteiger partial charge >= 0.3 is 0 Å². The molecule has 31 heavy (non-hydrogen) atoms. The number of allylic oxidation sites excluding steroid dienone is 4. The molecule has 0 spiro atoms. The second kappa shape index (κ2) is 18.3. The van der Waals surface area contributed by atoms with Gasteiger partial charge in [-0.3, -0.25) is 9.79 Å². The molecule has 1 fully saturated rings. The van der Waals surface area contributed by atoms with Gasteiger partial charge in [-0.2, -0.15) is 0 Å². The van der Waals surface area contributed by atoms with E-state index in [0.29, 0.717) is 19.6 Å². The maximum Gasteiger partial charge on any atom is 0.262 e. The number of rotatable bonds is 10. The van der Waals surface area contributed by atoms with Crippen molar-refractivity contribution >= 4 is 18.3 Å². The van der Waals surface area contributed by atoms with Crippen LogP contribution in [0.3, 0.4) is 0 Å². The average molecular weight is 432 g/mol. The van der Waals surface area contributed by atoms with Crippen molar-refractivity contribution in [1.29, 1.82) is 5.41 Å². The second-order valence-corrected chi connectivity index (χ2v) is 7.02. The molecule has 0 aromatic rings. The molecular weight excluding hydrogens is 390 g/mol. The van der Waals surface area contributed by atoms with E-state index in [1.54, 1.807) is 6.26 Å². The Balaban J connectivity index is 0.000000975. The summed E-state index contributed by atoms with van der Waals surface area (Å²) >= 11 is 0. The molecule has 2 N–H and O–H groups in total. The fourth-order valence-electron chi connectivity index (χ4n) is 2.96. The maximum atomic E-state index is 12.0. The Labute approximate surface area is 188 Å². The third kappa shape index (κ3) is 12.7. The van der Waals surface area contributed by atoms with E-state index in [-0.39, 0.29) is 19.4 Å². The van der Waals surface area contributed by atoms with Gasteiger partial charge in [-0.1, -0.05) is 39.2 Å². The molecule has 0 saturated carbocycles. The summed E-state index contributed by atoms with van der Waals surface area (Å²) in [5, 5.41) is 10.1. The molecule has 2 aliphatic rings. The van der Waals surface area contributed by atoms with Gasteiger partial charge in [0.15, 0.2) is 0 Å². The van der Waals surface area contributed by atoms with E-state index in [9.17, 15) is 4.79 Å². The zero-order valence-corrected chi connectivity index (χ0v) is 18.5. The van der Waals surface area contributed by atoms with Gasteiger partial charge in [-0.15, -0.1) is 0 Å². The lowest BCUT2D eigenvalue weighted by Crippen LogP contribution is -2.39. The Kier molecular flexibility index (Phi) is 16.9. The molecule has 1 amide bonds. The molecule has 6 heteroatoms. The first kappa shape index (κ1) is 28.5. The molecule has 0 aromatic carbocycles. The minimum atomic E-state index is -0.159. The summed E-state index contributed by atoms with van der Waals surface area (Å²) in [7, 11) is 0. The molecule has 2 rings (SSSR count). The number of hydrogen-bond acceptors (Lipinski definition) is 5. The highest BCUT2D eigenvalue weighted by Gasteiger charge is 2.15. The van der Waals surface area contributed by atoms with Crippen LogP contribution in [0.5, 0.6) is 0 Å². The normalized spacial score (nSPS) is 16.5. The molecule has 1 aliphatic heterocycles. The van der Waals surface area contributed by atoms with Crippen molar-refractivity contribution < 1.29 is 14.3 Å². The van der Waals surface area contributed by atoms with Gasteiger partial charge in [0, 0.05) is 19.3 Å². The monoisotopic (exact) mass is 431 g/mol. The Morgan fingerprint density at radius 2 is 2.03 bits per heavy atom. The lowest BCUT2D eigenvalue weighted by molar-refractivity contribution is -0.115. The molecule has 174 valence electrons. The van der Waals surface area contributed by atoms with E-state index in [0.717, 1.165) is 62.0 Å². The van der Waals surface area contributed by atoms with Gasteiger partial charge in [-0.25, -0.2) is 0 Å². The minimum absolute atomic E-state index is 0. The van der Waals surface area contributed by atoms with Crippen LogP contribution in [0.25, 0.3) is 0 Å². The average Bonchev–Trinajstić information content (AvgIpc) is 2.78. The largest absolute Gasteiger partial charge is 0.502 e. The first-order chi connectivity index (χ1) is 14.6. The fraction of sp³-hybridized carbons (Fsp3) is 0.560. The Morgan fingerprint density at radius 1 is 1.32 bits per heavy atom. The smallest absolute Gasteiger partial charge is 0.262 e.